The molecule has 0 fully saturated rings. The van der Waals surface area contributed by atoms with E-state index in [2.05, 4.69) is 16.7 Å². The number of hydrogen-bond donors (Lipinski definition) is 2. The van der Waals surface area contributed by atoms with Crippen LogP contribution in [0.4, 0.5) is 17.1 Å². The van der Waals surface area contributed by atoms with Gasteiger partial charge in [0, 0.05) is 23.5 Å². The Morgan fingerprint density at radius 2 is 1.78 bits per heavy atom. The zero-order valence-corrected chi connectivity index (χ0v) is 13.4. The van der Waals surface area contributed by atoms with Gasteiger partial charge >= 0.3 is 0 Å². The van der Waals surface area contributed by atoms with E-state index < -0.39 is 4.92 Å². The van der Waals surface area contributed by atoms with E-state index in [9.17, 15) is 10.1 Å². The molecule has 0 radical (unpaired) electrons. The molecule has 0 bridgehead atoms. The Bertz CT molecular complexity index is 744. The van der Waals surface area contributed by atoms with Crippen LogP contribution in [0.15, 0.2) is 42.5 Å². The third kappa shape index (κ3) is 3.65. The molecule has 0 atom stereocenters. The molecule has 0 amide bonds. The summed E-state index contributed by atoms with van der Waals surface area (Å²) < 4.78 is 0. The summed E-state index contributed by atoms with van der Waals surface area (Å²) >= 11 is 5.35. The van der Waals surface area contributed by atoms with E-state index in [1.165, 1.54) is 36.1 Å². The van der Waals surface area contributed by atoms with Gasteiger partial charge in [-0.3, -0.25) is 10.1 Å². The first-order valence-corrected chi connectivity index (χ1v) is 7.97. The van der Waals surface area contributed by atoms with E-state index >= 15 is 0 Å². The second kappa shape index (κ2) is 6.75. The van der Waals surface area contributed by atoms with Gasteiger partial charge in [0.15, 0.2) is 5.11 Å². The second-order valence-corrected chi connectivity index (χ2v) is 5.94. The van der Waals surface area contributed by atoms with Gasteiger partial charge in [-0.2, -0.15) is 0 Å². The van der Waals surface area contributed by atoms with Crippen molar-refractivity contribution in [2.75, 3.05) is 10.6 Å². The monoisotopic (exact) mass is 327 g/mol. The number of benzene rings is 2. The molecular formula is C17H17N3O2S. The molecule has 0 saturated heterocycles. The van der Waals surface area contributed by atoms with Gasteiger partial charge in [0.25, 0.3) is 5.69 Å². The van der Waals surface area contributed by atoms with Crippen LogP contribution in [0, 0.1) is 10.1 Å². The first-order valence-electron chi connectivity index (χ1n) is 7.57. The summed E-state index contributed by atoms with van der Waals surface area (Å²) in [7, 11) is 0. The van der Waals surface area contributed by atoms with Crippen LogP contribution in [0.5, 0.6) is 0 Å². The van der Waals surface area contributed by atoms with Gasteiger partial charge < -0.3 is 10.6 Å². The van der Waals surface area contributed by atoms with Crippen molar-refractivity contribution in [2.24, 2.45) is 0 Å². The van der Waals surface area contributed by atoms with Crippen molar-refractivity contribution in [3.05, 3.63) is 63.7 Å². The topological polar surface area (TPSA) is 67.2 Å². The van der Waals surface area contributed by atoms with Crippen LogP contribution in [0.2, 0.25) is 0 Å². The summed E-state index contributed by atoms with van der Waals surface area (Å²) in [6.45, 7) is 0. The molecule has 0 heterocycles. The lowest BCUT2D eigenvalue weighted by atomic mass is 9.90. The molecule has 0 spiro atoms. The zero-order chi connectivity index (χ0) is 16.2. The number of thiocarbonyl (C=S) groups is 1. The van der Waals surface area contributed by atoms with Gasteiger partial charge in [0.1, 0.15) is 0 Å². The molecule has 0 aromatic heterocycles. The molecule has 1 aliphatic carbocycles. The molecule has 2 aromatic carbocycles. The molecule has 6 heteroatoms. The molecule has 23 heavy (non-hydrogen) atoms. The van der Waals surface area contributed by atoms with E-state index in [1.54, 1.807) is 12.1 Å². The summed E-state index contributed by atoms with van der Waals surface area (Å²) in [5.41, 5.74) is 4.55. The van der Waals surface area contributed by atoms with Crippen molar-refractivity contribution < 1.29 is 4.92 Å². The Morgan fingerprint density at radius 3 is 2.52 bits per heavy atom. The summed E-state index contributed by atoms with van der Waals surface area (Å²) in [5, 5.41) is 17.4. The number of non-ortho nitro benzene ring substituents is 1. The number of fused-ring (bicyclic) bond motifs is 1. The van der Waals surface area contributed by atoms with Crippen molar-refractivity contribution in [1.82, 2.24) is 0 Å². The maximum Gasteiger partial charge on any atom is 0.269 e. The van der Waals surface area contributed by atoms with Crippen LogP contribution in [0.3, 0.4) is 0 Å². The number of nitrogens with zero attached hydrogens (tertiary/aromatic N) is 1. The summed E-state index contributed by atoms with van der Waals surface area (Å²) in [4.78, 5) is 10.2. The van der Waals surface area contributed by atoms with E-state index in [-0.39, 0.29) is 5.69 Å². The van der Waals surface area contributed by atoms with Crippen molar-refractivity contribution in [2.45, 2.75) is 25.7 Å². The fraction of sp³-hybridized carbons (Fsp3) is 0.235. The predicted octanol–water partition coefficient (Wildman–Crippen LogP) is 4.28. The fourth-order valence-corrected chi connectivity index (χ4v) is 3.08. The summed E-state index contributed by atoms with van der Waals surface area (Å²) in [6.07, 6.45) is 4.63. The second-order valence-electron chi connectivity index (χ2n) is 5.53. The van der Waals surface area contributed by atoms with E-state index in [4.69, 9.17) is 12.2 Å². The van der Waals surface area contributed by atoms with Gasteiger partial charge in [-0.25, -0.2) is 0 Å². The van der Waals surface area contributed by atoms with Crippen molar-refractivity contribution in [1.29, 1.82) is 0 Å². The minimum atomic E-state index is -0.420. The Kier molecular flexibility index (Phi) is 4.52. The Labute approximate surface area is 139 Å². The van der Waals surface area contributed by atoms with Gasteiger partial charge in [0.05, 0.1) is 4.92 Å². The highest BCUT2D eigenvalue weighted by Crippen LogP contribution is 2.28. The molecule has 5 nitrogen and oxygen atoms in total. The molecular weight excluding hydrogens is 310 g/mol. The highest BCUT2D eigenvalue weighted by atomic mass is 32.1. The molecule has 2 aromatic rings. The largest absolute Gasteiger partial charge is 0.332 e. The number of nitro benzene ring substituents is 1. The highest BCUT2D eigenvalue weighted by Gasteiger charge is 2.13. The molecule has 2 N–H and O–H groups in total. The maximum atomic E-state index is 10.7. The Hall–Kier alpha value is -2.47. The van der Waals surface area contributed by atoms with Crippen LogP contribution in [-0.4, -0.2) is 10.0 Å². The standard InChI is InChI=1S/C17H17N3O2S/c21-20(22)14-10-8-13(9-11-14)18-17(23)19-16-7-3-5-12-4-1-2-6-15(12)16/h3,5,7-11H,1-2,4,6H2,(H2,18,19,23). The molecule has 0 unspecified atom stereocenters. The number of rotatable bonds is 3. The molecule has 0 aliphatic heterocycles. The minimum Gasteiger partial charge on any atom is -0.332 e. The van der Waals surface area contributed by atoms with E-state index in [0.717, 1.165) is 24.2 Å². The molecule has 118 valence electrons. The predicted molar refractivity (Wildman–Crippen MR) is 96.0 cm³/mol. The highest BCUT2D eigenvalue weighted by molar-refractivity contribution is 7.80. The fourth-order valence-electron chi connectivity index (χ4n) is 2.85. The van der Waals surface area contributed by atoms with Crippen LogP contribution in [0.1, 0.15) is 24.0 Å². The van der Waals surface area contributed by atoms with Crippen LogP contribution >= 0.6 is 12.2 Å². The van der Waals surface area contributed by atoms with Gasteiger partial charge in [0.2, 0.25) is 0 Å². The van der Waals surface area contributed by atoms with Gasteiger partial charge in [-0.05, 0) is 67.2 Å². The van der Waals surface area contributed by atoms with Crippen molar-refractivity contribution >= 4 is 34.4 Å². The number of hydrogen-bond acceptors (Lipinski definition) is 3. The number of aryl methyl sites for hydroxylation is 1. The minimum absolute atomic E-state index is 0.0616. The molecule has 1 aliphatic rings. The average Bonchev–Trinajstić information content (AvgIpc) is 2.55. The lowest BCUT2D eigenvalue weighted by Gasteiger charge is -2.20. The van der Waals surface area contributed by atoms with Gasteiger partial charge in [-0.15, -0.1) is 0 Å². The average molecular weight is 327 g/mol. The smallest absolute Gasteiger partial charge is 0.269 e. The number of nitrogens with one attached hydrogen (secondary N) is 2. The third-order valence-corrected chi connectivity index (χ3v) is 4.18. The lowest BCUT2D eigenvalue weighted by Crippen LogP contribution is -2.20. The Morgan fingerprint density at radius 1 is 1.04 bits per heavy atom. The number of nitro groups is 1. The first-order chi connectivity index (χ1) is 11.1. The van der Waals surface area contributed by atoms with E-state index in [1.807, 2.05) is 12.1 Å². The third-order valence-electron chi connectivity index (χ3n) is 3.98. The van der Waals surface area contributed by atoms with Crippen LogP contribution in [-0.2, 0) is 12.8 Å². The van der Waals surface area contributed by atoms with Crippen molar-refractivity contribution in [3.63, 3.8) is 0 Å². The van der Waals surface area contributed by atoms with Gasteiger partial charge in [-0.1, -0.05) is 12.1 Å². The normalized spacial score (nSPS) is 13.0. The maximum absolute atomic E-state index is 10.7. The zero-order valence-electron chi connectivity index (χ0n) is 12.5. The summed E-state index contributed by atoms with van der Waals surface area (Å²) in [5.74, 6) is 0. The van der Waals surface area contributed by atoms with Crippen LogP contribution in [0.25, 0.3) is 0 Å². The summed E-state index contributed by atoms with van der Waals surface area (Å²) in [6, 6.07) is 12.4. The SMILES string of the molecule is O=[N+]([O-])c1ccc(NC(=S)Nc2cccc3c2CCCC3)cc1. The molecule has 0 saturated carbocycles. The van der Waals surface area contributed by atoms with Crippen LogP contribution < -0.4 is 10.6 Å². The first kappa shape index (κ1) is 15.4. The quantitative estimate of drug-likeness (QED) is 0.500. The van der Waals surface area contributed by atoms with E-state index in [0.29, 0.717) is 5.11 Å². The van der Waals surface area contributed by atoms with Crippen molar-refractivity contribution in [3.8, 4) is 0 Å². The Balaban J connectivity index is 1.69. The molecule has 3 rings (SSSR count). The number of anilines is 2. The lowest BCUT2D eigenvalue weighted by molar-refractivity contribution is -0.384.